The zero-order valence-corrected chi connectivity index (χ0v) is 14.4. The van der Waals surface area contributed by atoms with E-state index in [1.165, 1.54) is 18.4 Å². The van der Waals surface area contributed by atoms with Gasteiger partial charge in [0.1, 0.15) is 0 Å². The van der Waals surface area contributed by atoms with Crippen LogP contribution in [0.15, 0.2) is 40.6 Å². The van der Waals surface area contributed by atoms with E-state index in [0.717, 1.165) is 22.5 Å². The molecule has 0 unspecified atom stereocenters. The monoisotopic (exact) mass is 355 g/mol. The molecule has 1 aromatic heterocycles. The van der Waals surface area contributed by atoms with Crippen molar-refractivity contribution in [3.8, 4) is 0 Å². The van der Waals surface area contributed by atoms with Gasteiger partial charge in [-0.05, 0) is 23.3 Å². The van der Waals surface area contributed by atoms with Crippen molar-refractivity contribution in [2.45, 2.75) is 18.0 Å². The molecule has 23 heavy (non-hydrogen) atoms. The molecule has 0 aliphatic heterocycles. The summed E-state index contributed by atoms with van der Waals surface area (Å²) < 4.78 is 25.1. The Kier molecular flexibility index (Phi) is 5.47. The van der Waals surface area contributed by atoms with Crippen molar-refractivity contribution in [2.24, 2.45) is 0 Å². The lowest BCUT2D eigenvalue weighted by Crippen LogP contribution is -2.22. The first-order valence-electron chi connectivity index (χ1n) is 6.74. The SMILES string of the molecule is CN(C)S(=O)(=O)c1ccc(CNCc2csc([N+](=O)[O-])c2)cc1. The van der Waals surface area contributed by atoms with Crippen LogP contribution in [-0.2, 0) is 23.1 Å². The average molecular weight is 355 g/mol. The number of nitrogens with zero attached hydrogens (tertiary/aromatic N) is 2. The lowest BCUT2D eigenvalue weighted by Gasteiger charge is -2.11. The summed E-state index contributed by atoms with van der Waals surface area (Å²) in [6.45, 7) is 1.06. The smallest absolute Gasteiger partial charge is 0.309 e. The summed E-state index contributed by atoms with van der Waals surface area (Å²) >= 11 is 1.10. The highest BCUT2D eigenvalue weighted by Gasteiger charge is 2.16. The predicted molar refractivity (Wildman–Crippen MR) is 88.8 cm³/mol. The fourth-order valence-corrected chi connectivity index (χ4v) is 3.52. The van der Waals surface area contributed by atoms with Crippen LogP contribution in [0.1, 0.15) is 11.1 Å². The summed E-state index contributed by atoms with van der Waals surface area (Å²) in [6.07, 6.45) is 0. The average Bonchev–Trinajstić information content (AvgIpc) is 2.97. The molecule has 0 aliphatic carbocycles. The van der Waals surface area contributed by atoms with E-state index in [-0.39, 0.29) is 9.90 Å². The van der Waals surface area contributed by atoms with Gasteiger partial charge in [-0.3, -0.25) is 10.1 Å². The van der Waals surface area contributed by atoms with Crippen molar-refractivity contribution in [3.63, 3.8) is 0 Å². The number of sulfonamides is 1. The summed E-state index contributed by atoms with van der Waals surface area (Å²) in [6, 6.07) is 8.19. The molecule has 0 spiro atoms. The van der Waals surface area contributed by atoms with E-state index in [0.29, 0.717) is 13.1 Å². The molecule has 7 nitrogen and oxygen atoms in total. The molecule has 0 fully saturated rings. The van der Waals surface area contributed by atoms with Gasteiger partial charge in [-0.25, -0.2) is 12.7 Å². The van der Waals surface area contributed by atoms with Gasteiger partial charge in [-0.2, -0.15) is 0 Å². The van der Waals surface area contributed by atoms with E-state index in [1.54, 1.807) is 35.7 Å². The second-order valence-corrected chi connectivity index (χ2v) is 8.13. The predicted octanol–water partition coefficient (Wildman–Crippen LogP) is 2.20. The van der Waals surface area contributed by atoms with Crippen LogP contribution in [0.3, 0.4) is 0 Å². The molecule has 2 rings (SSSR count). The molecule has 0 saturated carbocycles. The molecule has 1 N–H and O–H groups in total. The van der Waals surface area contributed by atoms with Gasteiger partial charge in [0, 0.05) is 38.6 Å². The van der Waals surface area contributed by atoms with Crippen molar-refractivity contribution in [3.05, 3.63) is 57.0 Å². The minimum Gasteiger partial charge on any atom is -0.309 e. The Labute approximate surface area is 138 Å². The van der Waals surface area contributed by atoms with E-state index in [4.69, 9.17) is 0 Å². The van der Waals surface area contributed by atoms with Gasteiger partial charge in [0.25, 0.3) is 0 Å². The quantitative estimate of drug-likeness (QED) is 0.607. The van der Waals surface area contributed by atoms with Gasteiger partial charge in [0.15, 0.2) is 0 Å². The van der Waals surface area contributed by atoms with E-state index < -0.39 is 14.9 Å². The Morgan fingerprint density at radius 2 is 1.78 bits per heavy atom. The summed E-state index contributed by atoms with van der Waals surface area (Å²) in [5.74, 6) is 0. The second kappa shape index (κ2) is 7.18. The van der Waals surface area contributed by atoms with Crippen LogP contribution in [0.5, 0.6) is 0 Å². The topological polar surface area (TPSA) is 92.6 Å². The van der Waals surface area contributed by atoms with Crippen molar-refractivity contribution >= 4 is 26.4 Å². The molecule has 0 bridgehead atoms. The molecular weight excluding hydrogens is 338 g/mol. The highest BCUT2D eigenvalue weighted by Crippen LogP contribution is 2.22. The zero-order chi connectivity index (χ0) is 17.0. The molecule has 1 heterocycles. The van der Waals surface area contributed by atoms with Crippen LogP contribution in [0.2, 0.25) is 0 Å². The Bertz CT molecular complexity index is 783. The molecule has 0 radical (unpaired) electrons. The molecular formula is C14H17N3O4S2. The molecule has 0 saturated heterocycles. The molecule has 124 valence electrons. The summed E-state index contributed by atoms with van der Waals surface area (Å²) in [4.78, 5) is 10.5. The Morgan fingerprint density at radius 3 is 2.30 bits per heavy atom. The summed E-state index contributed by atoms with van der Waals surface area (Å²) in [5.41, 5.74) is 1.79. The number of hydrogen-bond acceptors (Lipinski definition) is 6. The number of benzene rings is 1. The van der Waals surface area contributed by atoms with Crippen LogP contribution < -0.4 is 5.32 Å². The van der Waals surface area contributed by atoms with Gasteiger partial charge in [-0.1, -0.05) is 23.5 Å². The van der Waals surface area contributed by atoms with Crippen molar-refractivity contribution < 1.29 is 13.3 Å². The van der Waals surface area contributed by atoms with Gasteiger partial charge >= 0.3 is 5.00 Å². The maximum absolute atomic E-state index is 12.0. The lowest BCUT2D eigenvalue weighted by atomic mass is 10.2. The van der Waals surface area contributed by atoms with Crippen LogP contribution >= 0.6 is 11.3 Å². The Balaban J connectivity index is 1.92. The van der Waals surface area contributed by atoms with E-state index in [9.17, 15) is 18.5 Å². The number of nitro groups is 1. The minimum absolute atomic E-state index is 0.125. The number of nitrogens with one attached hydrogen (secondary N) is 1. The van der Waals surface area contributed by atoms with Crippen molar-refractivity contribution in [2.75, 3.05) is 14.1 Å². The van der Waals surface area contributed by atoms with Gasteiger partial charge < -0.3 is 5.32 Å². The normalized spacial score (nSPS) is 11.8. The van der Waals surface area contributed by atoms with Crippen LogP contribution in [0.25, 0.3) is 0 Å². The summed E-state index contributed by atoms with van der Waals surface area (Å²) in [7, 11) is -0.430. The lowest BCUT2D eigenvalue weighted by molar-refractivity contribution is -0.380. The second-order valence-electron chi connectivity index (χ2n) is 5.09. The molecule has 2 aromatic rings. The van der Waals surface area contributed by atoms with Crippen LogP contribution in [-0.4, -0.2) is 31.7 Å². The molecule has 0 amide bonds. The maximum atomic E-state index is 12.0. The Morgan fingerprint density at radius 1 is 1.17 bits per heavy atom. The third kappa shape index (κ3) is 4.35. The third-order valence-corrected chi connectivity index (χ3v) is 5.94. The fraction of sp³-hybridized carbons (Fsp3) is 0.286. The van der Waals surface area contributed by atoms with Crippen LogP contribution in [0, 0.1) is 10.1 Å². The third-order valence-electron chi connectivity index (χ3n) is 3.18. The van der Waals surface area contributed by atoms with Gasteiger partial charge in [0.05, 0.1) is 9.82 Å². The maximum Gasteiger partial charge on any atom is 0.324 e. The van der Waals surface area contributed by atoms with Gasteiger partial charge in [-0.15, -0.1) is 0 Å². The standard InChI is InChI=1S/C14H17N3O4S2/c1-16(2)23(20,21)13-5-3-11(4-6-13)8-15-9-12-7-14(17(18)19)22-10-12/h3-7,10,15H,8-9H2,1-2H3. The van der Waals surface area contributed by atoms with Crippen molar-refractivity contribution in [1.29, 1.82) is 0 Å². The van der Waals surface area contributed by atoms with Crippen molar-refractivity contribution in [1.82, 2.24) is 9.62 Å². The zero-order valence-electron chi connectivity index (χ0n) is 12.7. The minimum atomic E-state index is -3.41. The molecule has 0 atom stereocenters. The Hall–Kier alpha value is -1.81. The van der Waals surface area contributed by atoms with Gasteiger partial charge in [0.2, 0.25) is 10.0 Å². The number of hydrogen-bond donors (Lipinski definition) is 1. The van der Waals surface area contributed by atoms with E-state index >= 15 is 0 Å². The molecule has 0 aliphatic rings. The van der Waals surface area contributed by atoms with Crippen LogP contribution in [0.4, 0.5) is 5.00 Å². The molecule has 9 heteroatoms. The highest BCUT2D eigenvalue weighted by atomic mass is 32.2. The molecule has 1 aromatic carbocycles. The van der Waals surface area contributed by atoms with E-state index in [1.807, 2.05) is 0 Å². The number of rotatable bonds is 7. The first-order chi connectivity index (χ1) is 10.8. The van der Waals surface area contributed by atoms with E-state index in [2.05, 4.69) is 5.32 Å². The number of thiophene rings is 1. The summed E-state index contributed by atoms with van der Waals surface area (Å²) in [5, 5.41) is 15.7. The first kappa shape index (κ1) is 17.5. The fourth-order valence-electron chi connectivity index (χ4n) is 1.89. The largest absolute Gasteiger partial charge is 0.324 e. The first-order valence-corrected chi connectivity index (χ1v) is 9.06. The highest BCUT2D eigenvalue weighted by molar-refractivity contribution is 7.89.